The maximum absolute atomic E-state index is 13.0. The fraction of sp³-hybridized carbons (Fsp3) is 0.259. The van der Waals surface area contributed by atoms with Gasteiger partial charge in [0.2, 0.25) is 0 Å². The van der Waals surface area contributed by atoms with E-state index in [0.717, 1.165) is 41.0 Å². The van der Waals surface area contributed by atoms with Gasteiger partial charge in [-0.25, -0.2) is 0 Å². The zero-order valence-electron chi connectivity index (χ0n) is 19.2. The molecule has 6 heteroatoms. The highest BCUT2D eigenvalue weighted by Crippen LogP contribution is 2.28. The highest BCUT2D eigenvalue weighted by molar-refractivity contribution is 6.06. The number of anilines is 1. The summed E-state index contributed by atoms with van der Waals surface area (Å²) in [6.07, 6.45) is 0. The molecule has 3 aromatic rings. The van der Waals surface area contributed by atoms with Crippen molar-refractivity contribution in [2.24, 2.45) is 0 Å². The van der Waals surface area contributed by atoms with E-state index in [-0.39, 0.29) is 17.6 Å². The van der Waals surface area contributed by atoms with Crippen molar-refractivity contribution >= 4 is 17.5 Å². The molecule has 33 heavy (non-hydrogen) atoms. The molecule has 0 unspecified atom stereocenters. The fourth-order valence-corrected chi connectivity index (χ4v) is 4.33. The van der Waals surface area contributed by atoms with Crippen molar-refractivity contribution in [3.8, 4) is 16.9 Å². The predicted molar refractivity (Wildman–Crippen MR) is 131 cm³/mol. The summed E-state index contributed by atoms with van der Waals surface area (Å²) in [5.41, 5.74) is 6.43. The molecule has 0 bridgehead atoms. The van der Waals surface area contributed by atoms with Crippen molar-refractivity contribution in [1.82, 2.24) is 10.2 Å². The topological polar surface area (TPSA) is 81.7 Å². The third-order valence-corrected chi connectivity index (χ3v) is 5.96. The largest absolute Gasteiger partial charge is 0.508 e. The molecule has 2 amide bonds. The van der Waals surface area contributed by atoms with Crippen molar-refractivity contribution in [3.05, 3.63) is 82.4 Å². The standard InChI is InChI=1S/C27H29N3O3/c1-17-12-18(2)25(19(3)13-17)29-26(32)23-14-22(15-24(31)16-23)20-4-6-21(7-5-20)27(33)30-10-8-28-9-11-30/h4-7,12-16,28,31H,8-11H2,1-3H3,(H,29,32). The van der Waals surface area contributed by atoms with Gasteiger partial charge < -0.3 is 20.6 Å². The van der Waals surface area contributed by atoms with E-state index in [1.54, 1.807) is 24.3 Å². The number of carbonyl (C=O) groups excluding carboxylic acids is 2. The molecule has 170 valence electrons. The normalized spacial score (nSPS) is 13.6. The summed E-state index contributed by atoms with van der Waals surface area (Å²) in [4.78, 5) is 27.5. The Kier molecular flexibility index (Phi) is 6.47. The molecule has 1 heterocycles. The first-order valence-electron chi connectivity index (χ1n) is 11.2. The van der Waals surface area contributed by atoms with E-state index in [2.05, 4.69) is 10.6 Å². The number of hydrogen-bond acceptors (Lipinski definition) is 4. The first kappa shape index (κ1) is 22.6. The molecule has 1 aliphatic rings. The number of rotatable bonds is 4. The molecule has 6 nitrogen and oxygen atoms in total. The maximum atomic E-state index is 13.0. The van der Waals surface area contributed by atoms with Gasteiger partial charge >= 0.3 is 0 Å². The van der Waals surface area contributed by atoms with Crippen LogP contribution in [-0.4, -0.2) is 48.0 Å². The van der Waals surface area contributed by atoms with Crippen LogP contribution >= 0.6 is 0 Å². The molecule has 0 atom stereocenters. The second-order valence-corrected chi connectivity index (χ2v) is 8.62. The number of aromatic hydroxyl groups is 1. The van der Waals surface area contributed by atoms with Gasteiger partial charge in [0.15, 0.2) is 0 Å². The second kappa shape index (κ2) is 9.46. The second-order valence-electron chi connectivity index (χ2n) is 8.62. The minimum absolute atomic E-state index is 0.0102. The van der Waals surface area contributed by atoms with Crippen molar-refractivity contribution in [3.63, 3.8) is 0 Å². The van der Waals surface area contributed by atoms with Crippen LogP contribution in [0, 0.1) is 20.8 Å². The Morgan fingerprint density at radius 2 is 1.48 bits per heavy atom. The maximum Gasteiger partial charge on any atom is 0.255 e. The minimum atomic E-state index is -0.285. The number of aryl methyl sites for hydroxylation is 3. The first-order valence-corrected chi connectivity index (χ1v) is 11.2. The fourth-order valence-electron chi connectivity index (χ4n) is 4.33. The number of amides is 2. The molecule has 3 aromatic carbocycles. The summed E-state index contributed by atoms with van der Waals surface area (Å²) in [6, 6.07) is 16.2. The number of hydrogen-bond donors (Lipinski definition) is 3. The summed E-state index contributed by atoms with van der Waals surface area (Å²) in [5.74, 6) is -0.258. The molecular formula is C27H29N3O3. The zero-order chi connectivity index (χ0) is 23.5. The molecule has 0 spiro atoms. The summed E-state index contributed by atoms with van der Waals surface area (Å²) >= 11 is 0. The summed E-state index contributed by atoms with van der Waals surface area (Å²) in [7, 11) is 0. The lowest BCUT2D eigenvalue weighted by atomic mass is 10.00. The average molecular weight is 444 g/mol. The van der Waals surface area contributed by atoms with Crippen molar-refractivity contribution in [2.75, 3.05) is 31.5 Å². The van der Waals surface area contributed by atoms with Gasteiger partial charge in [0.1, 0.15) is 5.75 Å². The van der Waals surface area contributed by atoms with Crippen molar-refractivity contribution in [1.29, 1.82) is 0 Å². The molecule has 0 radical (unpaired) electrons. The molecule has 0 saturated carbocycles. The van der Waals surface area contributed by atoms with Gasteiger partial charge in [-0.05, 0) is 73.4 Å². The molecule has 3 N–H and O–H groups in total. The monoisotopic (exact) mass is 443 g/mol. The van der Waals surface area contributed by atoms with Crippen LogP contribution in [0.3, 0.4) is 0 Å². The van der Waals surface area contributed by atoms with Crippen LogP contribution < -0.4 is 10.6 Å². The number of phenolic OH excluding ortho intramolecular Hbond substituents is 1. The molecule has 1 aliphatic heterocycles. The Morgan fingerprint density at radius 1 is 0.848 bits per heavy atom. The molecule has 4 rings (SSSR count). The number of benzene rings is 3. The van der Waals surface area contributed by atoms with Gasteiger partial charge in [0.25, 0.3) is 11.8 Å². The minimum Gasteiger partial charge on any atom is -0.508 e. The van der Waals surface area contributed by atoms with Crippen LogP contribution in [0.5, 0.6) is 5.75 Å². The van der Waals surface area contributed by atoms with E-state index in [0.29, 0.717) is 29.8 Å². The van der Waals surface area contributed by atoms with Gasteiger partial charge in [-0.2, -0.15) is 0 Å². The lowest BCUT2D eigenvalue weighted by molar-refractivity contribution is 0.0735. The predicted octanol–water partition coefficient (Wildman–Crippen LogP) is 4.28. The van der Waals surface area contributed by atoms with Crippen LogP contribution in [0.15, 0.2) is 54.6 Å². The first-order chi connectivity index (χ1) is 15.8. The van der Waals surface area contributed by atoms with E-state index < -0.39 is 0 Å². The number of phenols is 1. The Labute approximate surface area is 194 Å². The molecular weight excluding hydrogens is 414 g/mol. The van der Waals surface area contributed by atoms with Gasteiger partial charge in [-0.15, -0.1) is 0 Å². The number of carbonyl (C=O) groups is 2. The van der Waals surface area contributed by atoms with Gasteiger partial charge in [0.05, 0.1) is 0 Å². The Morgan fingerprint density at radius 3 is 2.12 bits per heavy atom. The smallest absolute Gasteiger partial charge is 0.255 e. The number of nitrogens with zero attached hydrogens (tertiary/aromatic N) is 1. The molecule has 0 aliphatic carbocycles. The SMILES string of the molecule is Cc1cc(C)c(NC(=O)c2cc(O)cc(-c3ccc(C(=O)N4CCNCC4)cc3)c2)c(C)c1. The van der Waals surface area contributed by atoms with E-state index in [1.807, 2.05) is 49.9 Å². The highest BCUT2D eigenvalue weighted by Gasteiger charge is 2.18. The van der Waals surface area contributed by atoms with Gasteiger partial charge in [-0.1, -0.05) is 29.8 Å². The van der Waals surface area contributed by atoms with Crippen molar-refractivity contribution < 1.29 is 14.7 Å². The van der Waals surface area contributed by atoms with E-state index >= 15 is 0 Å². The van der Waals surface area contributed by atoms with Crippen molar-refractivity contribution in [2.45, 2.75) is 20.8 Å². The van der Waals surface area contributed by atoms with Gasteiger partial charge in [0, 0.05) is 43.0 Å². The van der Waals surface area contributed by atoms with Crippen LogP contribution in [0.2, 0.25) is 0 Å². The third kappa shape index (κ3) is 5.07. The Hall–Kier alpha value is -3.64. The highest BCUT2D eigenvalue weighted by atomic mass is 16.3. The van der Waals surface area contributed by atoms with E-state index in [9.17, 15) is 14.7 Å². The Bertz CT molecular complexity index is 1170. The summed E-state index contributed by atoms with van der Waals surface area (Å²) < 4.78 is 0. The van der Waals surface area contributed by atoms with Crippen LogP contribution in [0.25, 0.3) is 11.1 Å². The summed E-state index contributed by atoms with van der Waals surface area (Å²) in [5, 5.41) is 16.5. The number of nitrogens with one attached hydrogen (secondary N) is 2. The lowest BCUT2D eigenvalue weighted by Crippen LogP contribution is -2.46. The van der Waals surface area contributed by atoms with Crippen LogP contribution in [0.1, 0.15) is 37.4 Å². The van der Waals surface area contributed by atoms with Crippen LogP contribution in [0.4, 0.5) is 5.69 Å². The quantitative estimate of drug-likeness (QED) is 0.562. The zero-order valence-corrected chi connectivity index (χ0v) is 19.2. The third-order valence-electron chi connectivity index (χ3n) is 5.96. The lowest BCUT2D eigenvalue weighted by Gasteiger charge is -2.27. The van der Waals surface area contributed by atoms with Gasteiger partial charge in [-0.3, -0.25) is 9.59 Å². The summed E-state index contributed by atoms with van der Waals surface area (Å²) in [6.45, 7) is 8.96. The number of piperazine rings is 1. The Balaban J connectivity index is 1.56. The van der Waals surface area contributed by atoms with E-state index in [1.165, 1.54) is 6.07 Å². The molecule has 1 fully saturated rings. The van der Waals surface area contributed by atoms with E-state index in [4.69, 9.17) is 0 Å². The molecule has 0 aromatic heterocycles. The van der Waals surface area contributed by atoms with Crippen LogP contribution in [-0.2, 0) is 0 Å². The average Bonchev–Trinajstić information content (AvgIpc) is 2.81. The molecule has 1 saturated heterocycles.